The third-order valence-electron chi connectivity index (χ3n) is 6.05. The lowest BCUT2D eigenvalue weighted by Gasteiger charge is -2.23. The second-order valence-corrected chi connectivity index (χ2v) is 9.05. The van der Waals surface area contributed by atoms with Crippen LogP contribution in [0.2, 0.25) is 5.02 Å². The minimum absolute atomic E-state index is 0.0454. The van der Waals surface area contributed by atoms with Gasteiger partial charge in [0.2, 0.25) is 5.91 Å². The molecule has 4 nitrogen and oxygen atoms in total. The zero-order valence-electron chi connectivity index (χ0n) is 18.6. The molecule has 5 heteroatoms. The summed E-state index contributed by atoms with van der Waals surface area (Å²) in [6.45, 7) is 7.17. The van der Waals surface area contributed by atoms with Crippen molar-refractivity contribution in [2.75, 3.05) is 19.6 Å². The van der Waals surface area contributed by atoms with Crippen molar-refractivity contribution in [1.82, 2.24) is 10.2 Å². The molecule has 0 radical (unpaired) electrons. The van der Waals surface area contributed by atoms with E-state index >= 15 is 0 Å². The Labute approximate surface area is 191 Å². The summed E-state index contributed by atoms with van der Waals surface area (Å²) in [6.07, 6.45) is 4.24. The normalized spacial score (nSPS) is 14.2. The highest BCUT2D eigenvalue weighted by Crippen LogP contribution is 2.20. The Morgan fingerprint density at radius 1 is 1.00 bits per heavy atom. The van der Waals surface area contributed by atoms with Gasteiger partial charge in [-0.05, 0) is 74.4 Å². The van der Waals surface area contributed by atoms with Crippen molar-refractivity contribution in [2.45, 2.75) is 58.4 Å². The van der Waals surface area contributed by atoms with Crippen molar-refractivity contribution in [3.8, 4) is 0 Å². The Morgan fingerprint density at radius 3 is 2.42 bits per heavy atom. The summed E-state index contributed by atoms with van der Waals surface area (Å²) in [4.78, 5) is 27.2. The maximum absolute atomic E-state index is 12.6. The molecule has 2 aromatic rings. The van der Waals surface area contributed by atoms with E-state index < -0.39 is 0 Å². The third kappa shape index (κ3) is 7.19. The molecule has 1 amide bonds. The number of hydrogen-bond donors (Lipinski definition) is 1. The van der Waals surface area contributed by atoms with Gasteiger partial charge in [-0.15, -0.1) is 0 Å². The van der Waals surface area contributed by atoms with Crippen molar-refractivity contribution in [3.05, 3.63) is 69.7 Å². The van der Waals surface area contributed by atoms with E-state index in [1.54, 1.807) is 0 Å². The molecule has 2 aromatic carbocycles. The summed E-state index contributed by atoms with van der Waals surface area (Å²) in [7, 11) is 0. The van der Waals surface area contributed by atoms with Gasteiger partial charge in [0.1, 0.15) is 0 Å². The fourth-order valence-electron chi connectivity index (χ4n) is 4.06. The summed E-state index contributed by atoms with van der Waals surface area (Å²) in [5.74, 6) is -0.0177. The highest BCUT2D eigenvalue weighted by Gasteiger charge is 2.18. The van der Waals surface area contributed by atoms with Gasteiger partial charge in [-0.2, -0.15) is 0 Å². The van der Waals surface area contributed by atoms with Crippen LogP contribution in [0.15, 0.2) is 42.5 Å². The van der Waals surface area contributed by atoms with Crippen LogP contribution in [0, 0.1) is 0 Å². The number of Topliss-reactive ketones (excluding diaryl/α,β-unsaturated/α-hetero) is 1. The molecule has 1 heterocycles. The predicted molar refractivity (Wildman–Crippen MR) is 127 cm³/mol. The zero-order valence-corrected chi connectivity index (χ0v) is 19.4. The number of hydrogen-bond acceptors (Lipinski definition) is 3. The van der Waals surface area contributed by atoms with Crippen molar-refractivity contribution < 1.29 is 9.59 Å². The number of nitrogens with one attached hydrogen (secondary N) is 1. The van der Waals surface area contributed by atoms with Crippen LogP contribution in [0.4, 0.5) is 0 Å². The second kappa shape index (κ2) is 11.4. The molecule has 0 saturated carbocycles. The smallest absolute Gasteiger partial charge is 0.220 e. The Morgan fingerprint density at radius 2 is 1.71 bits per heavy atom. The number of aryl methyl sites for hydroxylation is 1. The molecule has 31 heavy (non-hydrogen) atoms. The van der Waals surface area contributed by atoms with E-state index in [4.69, 9.17) is 11.6 Å². The Hall–Kier alpha value is -2.17. The van der Waals surface area contributed by atoms with Crippen LogP contribution in [0.1, 0.15) is 60.2 Å². The van der Waals surface area contributed by atoms with E-state index in [9.17, 15) is 9.59 Å². The van der Waals surface area contributed by atoms with Gasteiger partial charge in [0.25, 0.3) is 0 Å². The Balaban J connectivity index is 1.41. The van der Waals surface area contributed by atoms with E-state index in [0.29, 0.717) is 12.6 Å². The molecule has 0 bridgehead atoms. The minimum Gasteiger partial charge on any atom is -0.356 e. The topological polar surface area (TPSA) is 49.4 Å². The van der Waals surface area contributed by atoms with Crippen LogP contribution in [-0.4, -0.2) is 42.3 Å². The molecule has 0 aliphatic carbocycles. The number of carbonyl (C=O) groups excluding carboxylic acids is 2. The van der Waals surface area contributed by atoms with E-state index in [-0.39, 0.29) is 24.5 Å². The van der Waals surface area contributed by atoms with Gasteiger partial charge in [0, 0.05) is 49.1 Å². The summed E-state index contributed by atoms with van der Waals surface area (Å²) in [5, 5.41) is 3.65. The second-order valence-electron chi connectivity index (χ2n) is 8.62. The van der Waals surface area contributed by atoms with Gasteiger partial charge in [-0.1, -0.05) is 35.9 Å². The van der Waals surface area contributed by atoms with Gasteiger partial charge in [0.15, 0.2) is 5.78 Å². The lowest BCUT2D eigenvalue weighted by Crippen LogP contribution is -2.32. The molecule has 1 aliphatic heterocycles. The number of carbonyl (C=O) groups is 2. The fourth-order valence-corrected chi connectivity index (χ4v) is 4.19. The van der Waals surface area contributed by atoms with Gasteiger partial charge in [0.05, 0.1) is 0 Å². The number of rotatable bonds is 9. The van der Waals surface area contributed by atoms with E-state index in [1.165, 1.54) is 16.7 Å². The van der Waals surface area contributed by atoms with Crippen molar-refractivity contribution >= 4 is 23.3 Å². The largest absolute Gasteiger partial charge is 0.356 e. The average molecular weight is 441 g/mol. The molecule has 1 N–H and O–H groups in total. The number of ketones is 1. The first-order chi connectivity index (χ1) is 14.9. The number of nitrogens with zero attached hydrogens (tertiary/aromatic N) is 1. The number of amides is 1. The van der Waals surface area contributed by atoms with E-state index in [0.717, 1.165) is 49.4 Å². The fraction of sp³-hybridized carbons (Fsp3) is 0.462. The Kier molecular flexibility index (Phi) is 8.68. The van der Waals surface area contributed by atoms with Crippen LogP contribution in [0.25, 0.3) is 0 Å². The summed E-state index contributed by atoms with van der Waals surface area (Å²) < 4.78 is 0. The van der Waals surface area contributed by atoms with Crippen LogP contribution in [-0.2, 0) is 24.1 Å². The summed E-state index contributed by atoms with van der Waals surface area (Å²) in [5.41, 5.74) is 4.56. The molecule has 0 spiro atoms. The van der Waals surface area contributed by atoms with Gasteiger partial charge in [-0.25, -0.2) is 0 Å². The third-order valence-corrected chi connectivity index (χ3v) is 6.30. The zero-order chi connectivity index (χ0) is 22.2. The van der Waals surface area contributed by atoms with Crippen LogP contribution >= 0.6 is 11.6 Å². The molecule has 0 fully saturated rings. The standard InChI is InChI=1S/C26H33ClN2O2/c1-19(2)29-16-13-21-7-8-23(18-22(21)14-17-29)25(30)11-12-26(31)28-15-3-4-20-5-9-24(27)10-6-20/h5-10,18-19H,3-4,11-17H2,1-2H3,(H,28,31). The first kappa shape index (κ1) is 23.5. The van der Waals surface area contributed by atoms with Gasteiger partial charge >= 0.3 is 0 Å². The Bertz CT molecular complexity index is 893. The minimum atomic E-state index is -0.0632. The lowest BCUT2D eigenvalue weighted by atomic mass is 9.97. The summed E-state index contributed by atoms with van der Waals surface area (Å²) in [6, 6.07) is 14.4. The first-order valence-electron chi connectivity index (χ1n) is 11.3. The van der Waals surface area contributed by atoms with E-state index in [2.05, 4.69) is 30.1 Å². The van der Waals surface area contributed by atoms with Crippen LogP contribution < -0.4 is 5.32 Å². The molecule has 166 valence electrons. The molecule has 3 rings (SSSR count). The first-order valence-corrected chi connectivity index (χ1v) is 11.7. The highest BCUT2D eigenvalue weighted by molar-refractivity contribution is 6.30. The van der Waals surface area contributed by atoms with Crippen molar-refractivity contribution in [2.24, 2.45) is 0 Å². The quantitative estimate of drug-likeness (QED) is 0.447. The van der Waals surface area contributed by atoms with Gasteiger partial charge in [-0.3, -0.25) is 9.59 Å². The van der Waals surface area contributed by atoms with Crippen LogP contribution in [0.5, 0.6) is 0 Å². The molecule has 1 aliphatic rings. The lowest BCUT2D eigenvalue weighted by molar-refractivity contribution is -0.121. The molecule has 0 saturated heterocycles. The molecule has 0 unspecified atom stereocenters. The number of fused-ring (bicyclic) bond motifs is 1. The highest BCUT2D eigenvalue weighted by atomic mass is 35.5. The molecular weight excluding hydrogens is 408 g/mol. The van der Waals surface area contributed by atoms with E-state index in [1.807, 2.05) is 36.4 Å². The molecular formula is C26H33ClN2O2. The molecule has 0 aromatic heterocycles. The van der Waals surface area contributed by atoms with Crippen molar-refractivity contribution in [3.63, 3.8) is 0 Å². The average Bonchev–Trinajstić information content (AvgIpc) is 2.98. The predicted octanol–water partition coefficient (Wildman–Crippen LogP) is 4.86. The summed E-state index contributed by atoms with van der Waals surface area (Å²) >= 11 is 5.89. The SMILES string of the molecule is CC(C)N1CCc2ccc(C(=O)CCC(=O)NCCCc3ccc(Cl)cc3)cc2CC1. The van der Waals surface area contributed by atoms with Gasteiger partial charge < -0.3 is 10.2 Å². The number of benzene rings is 2. The van der Waals surface area contributed by atoms with Crippen LogP contribution in [0.3, 0.4) is 0 Å². The maximum atomic E-state index is 12.6. The van der Waals surface area contributed by atoms with Crippen molar-refractivity contribution in [1.29, 1.82) is 0 Å². The monoisotopic (exact) mass is 440 g/mol. The number of halogens is 1. The maximum Gasteiger partial charge on any atom is 0.220 e. The molecule has 0 atom stereocenters.